The van der Waals surface area contributed by atoms with Crippen molar-refractivity contribution in [2.45, 2.75) is 44.7 Å². The van der Waals surface area contributed by atoms with Gasteiger partial charge in [-0.25, -0.2) is 0 Å². The van der Waals surface area contributed by atoms with Gasteiger partial charge in [0.2, 0.25) is 11.8 Å². The van der Waals surface area contributed by atoms with Crippen molar-refractivity contribution in [2.75, 3.05) is 26.7 Å². The van der Waals surface area contributed by atoms with Gasteiger partial charge in [0.25, 0.3) is 5.91 Å². The van der Waals surface area contributed by atoms with Crippen molar-refractivity contribution in [1.82, 2.24) is 15.1 Å². The van der Waals surface area contributed by atoms with Gasteiger partial charge in [-0.15, -0.1) is 0 Å². The van der Waals surface area contributed by atoms with Crippen molar-refractivity contribution < 1.29 is 19.1 Å². The minimum absolute atomic E-state index is 0.131. The van der Waals surface area contributed by atoms with E-state index in [1.807, 2.05) is 6.92 Å². The summed E-state index contributed by atoms with van der Waals surface area (Å²) in [5, 5.41) is 3.40. The normalized spacial score (nSPS) is 20.4. The Hall–Kier alpha value is -2.28. The Labute approximate surface area is 169 Å². The number of benzene rings is 1. The molecule has 0 aromatic heterocycles. The Morgan fingerprint density at radius 2 is 2.11 bits per heavy atom. The zero-order valence-corrected chi connectivity index (χ0v) is 17.0. The Kier molecular flexibility index (Phi) is 6.44. The average Bonchev–Trinajstić information content (AvgIpc) is 3.30. The van der Waals surface area contributed by atoms with Gasteiger partial charge < -0.3 is 19.9 Å². The van der Waals surface area contributed by atoms with Crippen LogP contribution in [0.1, 0.15) is 43.0 Å². The molecule has 1 aromatic rings. The number of likely N-dealkylation sites (tertiary alicyclic amines) is 2. The maximum atomic E-state index is 13.1. The molecule has 2 atom stereocenters. The standard InChI is InChI=1S/C20H26ClN3O4/c1-13(12-23-9-4-6-18(23)25)22-19(26)16-5-3-10-24(16)20(27)15-11-14(21)7-8-17(15)28-2/h7-8,11,13,16H,3-6,9-10,12H2,1-2H3,(H,22,26)/t13-,16-/m0/s1. The molecule has 2 aliphatic rings. The molecule has 2 saturated heterocycles. The first-order valence-corrected chi connectivity index (χ1v) is 10.0. The number of hydrogen-bond donors (Lipinski definition) is 1. The van der Waals surface area contributed by atoms with Crippen LogP contribution in [0.4, 0.5) is 0 Å². The number of nitrogens with one attached hydrogen (secondary N) is 1. The highest BCUT2D eigenvalue weighted by Gasteiger charge is 2.36. The molecule has 7 nitrogen and oxygen atoms in total. The van der Waals surface area contributed by atoms with Gasteiger partial charge >= 0.3 is 0 Å². The molecule has 28 heavy (non-hydrogen) atoms. The summed E-state index contributed by atoms with van der Waals surface area (Å²) >= 11 is 6.05. The van der Waals surface area contributed by atoms with Crippen LogP contribution in [0.25, 0.3) is 0 Å². The van der Waals surface area contributed by atoms with E-state index in [-0.39, 0.29) is 23.8 Å². The maximum absolute atomic E-state index is 13.1. The molecule has 0 saturated carbocycles. The van der Waals surface area contributed by atoms with E-state index in [4.69, 9.17) is 16.3 Å². The fourth-order valence-electron chi connectivity index (χ4n) is 3.90. The first-order valence-electron chi connectivity index (χ1n) is 9.63. The monoisotopic (exact) mass is 407 g/mol. The third-order valence-electron chi connectivity index (χ3n) is 5.26. The minimum Gasteiger partial charge on any atom is -0.496 e. The molecular weight excluding hydrogens is 382 g/mol. The van der Waals surface area contributed by atoms with E-state index in [1.54, 1.807) is 28.0 Å². The van der Waals surface area contributed by atoms with Crippen molar-refractivity contribution >= 4 is 29.3 Å². The van der Waals surface area contributed by atoms with Crippen molar-refractivity contribution in [3.05, 3.63) is 28.8 Å². The molecule has 3 rings (SSSR count). The Bertz CT molecular complexity index is 770. The van der Waals surface area contributed by atoms with Gasteiger partial charge in [-0.05, 0) is 44.4 Å². The molecule has 0 radical (unpaired) electrons. The maximum Gasteiger partial charge on any atom is 0.258 e. The van der Waals surface area contributed by atoms with E-state index in [9.17, 15) is 14.4 Å². The predicted octanol–water partition coefficient (Wildman–Crippen LogP) is 2.08. The van der Waals surface area contributed by atoms with Gasteiger partial charge in [-0.2, -0.15) is 0 Å². The molecule has 0 spiro atoms. The first-order chi connectivity index (χ1) is 13.4. The van der Waals surface area contributed by atoms with Crippen molar-refractivity contribution in [1.29, 1.82) is 0 Å². The van der Waals surface area contributed by atoms with Crippen LogP contribution in [0.2, 0.25) is 5.02 Å². The van der Waals surface area contributed by atoms with Gasteiger partial charge in [-0.1, -0.05) is 11.6 Å². The average molecular weight is 408 g/mol. The van der Waals surface area contributed by atoms with Gasteiger partial charge in [0.1, 0.15) is 11.8 Å². The number of rotatable bonds is 6. The lowest BCUT2D eigenvalue weighted by atomic mass is 10.1. The largest absolute Gasteiger partial charge is 0.496 e. The van der Waals surface area contributed by atoms with Crippen LogP contribution in [0, 0.1) is 0 Å². The molecule has 0 aliphatic carbocycles. The summed E-state index contributed by atoms with van der Waals surface area (Å²) in [4.78, 5) is 41.0. The van der Waals surface area contributed by atoms with E-state index >= 15 is 0 Å². The highest BCUT2D eigenvalue weighted by Crippen LogP contribution is 2.27. The van der Waals surface area contributed by atoms with Gasteiger partial charge in [0, 0.05) is 37.1 Å². The van der Waals surface area contributed by atoms with Gasteiger partial charge in [0.05, 0.1) is 12.7 Å². The smallest absolute Gasteiger partial charge is 0.258 e. The third kappa shape index (κ3) is 4.41. The van der Waals surface area contributed by atoms with Gasteiger partial charge in [0.15, 0.2) is 0 Å². The summed E-state index contributed by atoms with van der Waals surface area (Å²) in [7, 11) is 1.50. The highest BCUT2D eigenvalue weighted by atomic mass is 35.5. The zero-order valence-electron chi connectivity index (χ0n) is 16.2. The number of halogens is 1. The number of amides is 3. The van der Waals surface area contributed by atoms with Crippen LogP contribution in [-0.2, 0) is 9.59 Å². The van der Waals surface area contributed by atoms with E-state index in [2.05, 4.69) is 5.32 Å². The fraction of sp³-hybridized carbons (Fsp3) is 0.550. The summed E-state index contributed by atoms with van der Waals surface area (Å²) in [6, 6.07) is 4.17. The van der Waals surface area contributed by atoms with Crippen LogP contribution in [0.3, 0.4) is 0 Å². The number of ether oxygens (including phenoxy) is 1. The van der Waals surface area contributed by atoms with E-state index < -0.39 is 6.04 Å². The lowest BCUT2D eigenvalue weighted by molar-refractivity contribution is -0.129. The van der Waals surface area contributed by atoms with Gasteiger partial charge in [-0.3, -0.25) is 14.4 Å². The Morgan fingerprint density at radius 1 is 1.32 bits per heavy atom. The number of methoxy groups -OCH3 is 1. The van der Waals surface area contributed by atoms with E-state index in [0.29, 0.717) is 42.3 Å². The second-order valence-corrected chi connectivity index (χ2v) is 7.79. The topological polar surface area (TPSA) is 79.0 Å². The SMILES string of the molecule is COc1ccc(Cl)cc1C(=O)N1CCC[C@H]1C(=O)N[C@@H](C)CN1CCCC1=O. The molecular formula is C20H26ClN3O4. The van der Waals surface area contributed by atoms with E-state index in [0.717, 1.165) is 19.4 Å². The molecule has 2 heterocycles. The first kappa shape index (κ1) is 20.5. The summed E-state index contributed by atoms with van der Waals surface area (Å²) in [6.07, 6.45) is 2.81. The fourth-order valence-corrected chi connectivity index (χ4v) is 4.07. The van der Waals surface area contributed by atoms with Crippen molar-refractivity contribution in [3.63, 3.8) is 0 Å². The quantitative estimate of drug-likeness (QED) is 0.783. The molecule has 8 heteroatoms. The van der Waals surface area contributed by atoms with E-state index in [1.165, 1.54) is 7.11 Å². The molecule has 2 fully saturated rings. The summed E-state index contributed by atoms with van der Waals surface area (Å²) in [6.45, 7) is 3.62. The molecule has 1 aromatic carbocycles. The number of carbonyl (C=O) groups is 3. The minimum atomic E-state index is -0.534. The van der Waals surface area contributed by atoms with Crippen molar-refractivity contribution in [3.8, 4) is 5.75 Å². The number of carbonyl (C=O) groups excluding carboxylic acids is 3. The van der Waals surface area contributed by atoms with Crippen molar-refractivity contribution in [2.24, 2.45) is 0 Å². The summed E-state index contributed by atoms with van der Waals surface area (Å²) in [5.74, 6) is 0.110. The molecule has 152 valence electrons. The lowest BCUT2D eigenvalue weighted by Crippen LogP contribution is -2.50. The second kappa shape index (κ2) is 8.82. The lowest BCUT2D eigenvalue weighted by Gasteiger charge is -2.27. The van der Waals surface area contributed by atoms with Crippen LogP contribution < -0.4 is 10.1 Å². The predicted molar refractivity (Wildman–Crippen MR) is 105 cm³/mol. The number of nitrogens with zero attached hydrogens (tertiary/aromatic N) is 2. The molecule has 0 bridgehead atoms. The third-order valence-corrected chi connectivity index (χ3v) is 5.50. The molecule has 0 unspecified atom stereocenters. The zero-order chi connectivity index (χ0) is 20.3. The molecule has 1 N–H and O–H groups in total. The number of hydrogen-bond acceptors (Lipinski definition) is 4. The molecule has 2 aliphatic heterocycles. The Morgan fingerprint density at radius 3 is 2.79 bits per heavy atom. The summed E-state index contributed by atoms with van der Waals surface area (Å²) < 4.78 is 5.28. The summed E-state index contributed by atoms with van der Waals surface area (Å²) in [5.41, 5.74) is 0.352. The van der Waals surface area contributed by atoms with Crippen LogP contribution in [-0.4, -0.2) is 66.3 Å². The van der Waals surface area contributed by atoms with Crippen LogP contribution >= 0.6 is 11.6 Å². The molecule has 3 amide bonds. The van der Waals surface area contributed by atoms with Crippen LogP contribution in [0.5, 0.6) is 5.75 Å². The Balaban J connectivity index is 1.66. The highest BCUT2D eigenvalue weighted by molar-refractivity contribution is 6.31. The van der Waals surface area contributed by atoms with Crippen LogP contribution in [0.15, 0.2) is 18.2 Å². The second-order valence-electron chi connectivity index (χ2n) is 7.35.